The van der Waals surface area contributed by atoms with E-state index in [0.29, 0.717) is 10.8 Å². The molecule has 0 saturated heterocycles. The predicted molar refractivity (Wildman–Crippen MR) is 77.8 cm³/mol. The fourth-order valence-electron chi connectivity index (χ4n) is 3.00. The summed E-state index contributed by atoms with van der Waals surface area (Å²) >= 11 is 6.18. The molecule has 19 heavy (non-hydrogen) atoms. The summed E-state index contributed by atoms with van der Waals surface area (Å²) in [5, 5.41) is 11.3. The minimum atomic E-state index is -0.586. The lowest BCUT2D eigenvalue weighted by Crippen LogP contribution is -2.57. The van der Waals surface area contributed by atoms with Gasteiger partial charge < -0.3 is 9.84 Å². The molecule has 106 valence electrons. The van der Waals surface area contributed by atoms with Crippen LogP contribution in [0, 0.1) is 0 Å². The van der Waals surface area contributed by atoms with Crippen molar-refractivity contribution in [1.29, 1.82) is 0 Å². The molecule has 1 aromatic rings. The third-order valence-corrected chi connectivity index (χ3v) is 4.20. The number of benzene rings is 1. The zero-order valence-electron chi connectivity index (χ0n) is 12.0. The lowest BCUT2D eigenvalue weighted by atomic mass is 9.85. The number of nitrogens with zero attached hydrogens (tertiary/aromatic N) is 1. The second-order valence-corrected chi connectivity index (χ2v) is 5.88. The largest absolute Gasteiger partial charge is 0.484 e. The van der Waals surface area contributed by atoms with Crippen LogP contribution in [-0.2, 0) is 0 Å². The van der Waals surface area contributed by atoms with Gasteiger partial charge in [0.1, 0.15) is 17.5 Å². The number of ether oxygens (including phenoxy) is 1. The van der Waals surface area contributed by atoms with Crippen molar-refractivity contribution in [2.24, 2.45) is 0 Å². The van der Waals surface area contributed by atoms with E-state index in [9.17, 15) is 5.11 Å². The van der Waals surface area contributed by atoms with Crippen LogP contribution in [0.5, 0.6) is 5.75 Å². The van der Waals surface area contributed by atoms with Crippen molar-refractivity contribution in [3.8, 4) is 5.75 Å². The number of hydrogen-bond acceptors (Lipinski definition) is 3. The third kappa shape index (κ3) is 2.47. The molecule has 3 nitrogen and oxygen atoms in total. The highest BCUT2D eigenvalue weighted by Crippen LogP contribution is 2.45. The molecule has 0 bridgehead atoms. The molecule has 2 atom stereocenters. The summed E-state index contributed by atoms with van der Waals surface area (Å²) in [7, 11) is 0. The van der Waals surface area contributed by atoms with Crippen LogP contribution in [0.25, 0.3) is 0 Å². The number of aliphatic hydroxyl groups is 1. The van der Waals surface area contributed by atoms with E-state index in [2.05, 4.69) is 18.7 Å². The molecule has 0 fully saturated rings. The molecular weight excluding hydrogens is 262 g/mol. The van der Waals surface area contributed by atoms with Gasteiger partial charge in [-0.15, -0.1) is 0 Å². The molecule has 2 unspecified atom stereocenters. The topological polar surface area (TPSA) is 32.7 Å². The van der Waals surface area contributed by atoms with E-state index < -0.39 is 11.7 Å². The van der Waals surface area contributed by atoms with Gasteiger partial charge >= 0.3 is 0 Å². The fourth-order valence-corrected chi connectivity index (χ4v) is 3.22. The van der Waals surface area contributed by atoms with E-state index in [1.165, 1.54) is 0 Å². The molecule has 1 N–H and O–H groups in total. The van der Waals surface area contributed by atoms with Crippen LogP contribution in [0.1, 0.15) is 39.4 Å². The van der Waals surface area contributed by atoms with Gasteiger partial charge in [0.05, 0.1) is 11.1 Å². The molecule has 0 aliphatic carbocycles. The monoisotopic (exact) mass is 283 g/mol. The summed E-state index contributed by atoms with van der Waals surface area (Å²) < 4.78 is 6.08. The highest BCUT2D eigenvalue weighted by Gasteiger charge is 2.46. The molecule has 0 aromatic heterocycles. The first kappa shape index (κ1) is 14.6. The van der Waals surface area contributed by atoms with Crippen molar-refractivity contribution in [3.05, 3.63) is 28.8 Å². The van der Waals surface area contributed by atoms with E-state index in [1.54, 1.807) is 6.07 Å². The Morgan fingerprint density at radius 2 is 1.95 bits per heavy atom. The maximum absolute atomic E-state index is 10.7. The molecule has 1 heterocycles. The summed E-state index contributed by atoms with van der Waals surface area (Å²) in [5.74, 6) is 0.616. The molecule has 1 aromatic carbocycles. The van der Waals surface area contributed by atoms with Gasteiger partial charge in [-0.2, -0.15) is 0 Å². The quantitative estimate of drug-likeness (QED) is 0.924. The molecule has 2 rings (SSSR count). The van der Waals surface area contributed by atoms with Crippen LogP contribution in [-0.4, -0.2) is 34.7 Å². The fraction of sp³-hybridized carbons (Fsp3) is 0.600. The van der Waals surface area contributed by atoms with E-state index >= 15 is 0 Å². The molecular formula is C15H22ClNO2. The van der Waals surface area contributed by atoms with E-state index in [-0.39, 0.29) is 6.04 Å². The third-order valence-electron chi connectivity index (χ3n) is 3.90. The van der Waals surface area contributed by atoms with Crippen LogP contribution in [0.3, 0.4) is 0 Å². The van der Waals surface area contributed by atoms with Gasteiger partial charge in [-0.3, -0.25) is 4.90 Å². The SMILES string of the molecule is CCN(CC)C1C(O)c2cccc(Cl)c2OC1(C)C. The lowest BCUT2D eigenvalue weighted by Gasteiger charge is -2.47. The summed E-state index contributed by atoms with van der Waals surface area (Å²) in [4.78, 5) is 2.23. The number of fused-ring (bicyclic) bond motifs is 1. The predicted octanol–water partition coefficient (Wildman–Crippen LogP) is 3.25. The minimum Gasteiger partial charge on any atom is -0.484 e. The van der Waals surface area contributed by atoms with Crippen LogP contribution in [0.2, 0.25) is 5.02 Å². The summed E-state index contributed by atoms with van der Waals surface area (Å²) in [6.45, 7) is 9.96. The second kappa shape index (κ2) is 5.31. The highest BCUT2D eigenvalue weighted by molar-refractivity contribution is 6.32. The van der Waals surface area contributed by atoms with Gasteiger partial charge in [0, 0.05) is 5.56 Å². The van der Waals surface area contributed by atoms with Crippen LogP contribution >= 0.6 is 11.6 Å². The van der Waals surface area contributed by atoms with Gasteiger partial charge in [0.25, 0.3) is 0 Å². The zero-order chi connectivity index (χ0) is 14.2. The van der Waals surface area contributed by atoms with E-state index in [4.69, 9.17) is 16.3 Å². The first-order valence-corrected chi connectivity index (χ1v) is 7.19. The summed E-state index contributed by atoms with van der Waals surface area (Å²) in [6, 6.07) is 5.46. The maximum Gasteiger partial charge on any atom is 0.144 e. The van der Waals surface area contributed by atoms with Crippen molar-refractivity contribution in [2.75, 3.05) is 13.1 Å². The first-order chi connectivity index (χ1) is 8.92. The van der Waals surface area contributed by atoms with Crippen LogP contribution < -0.4 is 4.74 Å². The Balaban J connectivity index is 2.48. The summed E-state index contributed by atoms with van der Waals surface area (Å²) in [5.41, 5.74) is 0.299. The number of aliphatic hydroxyl groups excluding tert-OH is 1. The van der Waals surface area contributed by atoms with E-state index in [1.807, 2.05) is 26.0 Å². The van der Waals surface area contributed by atoms with Crippen molar-refractivity contribution in [1.82, 2.24) is 4.90 Å². The van der Waals surface area contributed by atoms with E-state index in [0.717, 1.165) is 18.7 Å². The molecule has 0 spiro atoms. The number of likely N-dealkylation sites (N-methyl/N-ethyl adjacent to an activating group) is 1. The lowest BCUT2D eigenvalue weighted by molar-refractivity contribution is -0.0798. The molecule has 0 amide bonds. The Bertz CT molecular complexity index is 457. The Morgan fingerprint density at radius 3 is 2.53 bits per heavy atom. The zero-order valence-corrected chi connectivity index (χ0v) is 12.7. The molecule has 1 aliphatic heterocycles. The van der Waals surface area contributed by atoms with Crippen molar-refractivity contribution < 1.29 is 9.84 Å². The second-order valence-electron chi connectivity index (χ2n) is 5.47. The molecule has 1 aliphatic rings. The van der Waals surface area contributed by atoms with Crippen molar-refractivity contribution in [3.63, 3.8) is 0 Å². The van der Waals surface area contributed by atoms with Crippen LogP contribution in [0.4, 0.5) is 0 Å². The number of halogens is 1. The molecule has 0 saturated carbocycles. The van der Waals surface area contributed by atoms with Gasteiger partial charge in [-0.1, -0.05) is 37.6 Å². The Kier molecular flexibility index (Phi) is 4.09. The average molecular weight is 284 g/mol. The van der Waals surface area contributed by atoms with Gasteiger partial charge in [-0.05, 0) is 33.0 Å². The van der Waals surface area contributed by atoms with Crippen LogP contribution in [0.15, 0.2) is 18.2 Å². The normalized spacial score (nSPS) is 25.0. The Labute approximate surface area is 120 Å². The van der Waals surface area contributed by atoms with Gasteiger partial charge in [-0.25, -0.2) is 0 Å². The smallest absolute Gasteiger partial charge is 0.144 e. The minimum absolute atomic E-state index is 0.0755. The van der Waals surface area contributed by atoms with Crippen molar-refractivity contribution in [2.45, 2.75) is 45.4 Å². The highest BCUT2D eigenvalue weighted by atomic mass is 35.5. The van der Waals surface area contributed by atoms with Crippen molar-refractivity contribution >= 4 is 11.6 Å². The first-order valence-electron chi connectivity index (χ1n) is 6.81. The number of rotatable bonds is 3. The Hall–Kier alpha value is -0.770. The van der Waals surface area contributed by atoms with Gasteiger partial charge in [0.15, 0.2) is 0 Å². The molecule has 0 radical (unpaired) electrons. The number of hydrogen-bond donors (Lipinski definition) is 1. The standard InChI is InChI=1S/C15H22ClNO2/c1-5-17(6-2)14-12(18)10-8-7-9-11(16)13(10)19-15(14,3)4/h7-9,12,14,18H,5-6H2,1-4H3. The number of para-hydroxylation sites is 1. The average Bonchev–Trinajstić information content (AvgIpc) is 2.35. The Morgan fingerprint density at radius 1 is 1.32 bits per heavy atom. The molecule has 4 heteroatoms. The van der Waals surface area contributed by atoms with Gasteiger partial charge in [0.2, 0.25) is 0 Å². The maximum atomic E-state index is 10.7. The summed E-state index contributed by atoms with van der Waals surface area (Å²) in [6.07, 6.45) is -0.586.